The summed E-state index contributed by atoms with van der Waals surface area (Å²) in [5.74, 6) is 0.148. The summed E-state index contributed by atoms with van der Waals surface area (Å²) in [4.78, 5) is 32.6. The average Bonchev–Trinajstić information content (AvgIpc) is 3.23. The van der Waals surface area contributed by atoms with Crippen LogP contribution in [-0.2, 0) is 16.0 Å². The molecule has 1 N–H and O–H groups in total. The number of aromatic amines is 1. The first-order chi connectivity index (χ1) is 15.1. The van der Waals surface area contributed by atoms with Crippen LogP contribution in [0.4, 0.5) is 0 Å². The van der Waals surface area contributed by atoms with E-state index in [1.54, 1.807) is 6.92 Å². The van der Waals surface area contributed by atoms with Crippen molar-refractivity contribution in [1.82, 2.24) is 14.8 Å². The van der Waals surface area contributed by atoms with Gasteiger partial charge in [-0.15, -0.1) is 0 Å². The number of hydrogen-bond acceptors (Lipinski definition) is 2. The number of para-hydroxylation sites is 1. The van der Waals surface area contributed by atoms with Crippen molar-refractivity contribution in [3.8, 4) is 0 Å². The van der Waals surface area contributed by atoms with E-state index in [2.05, 4.69) is 47.6 Å². The molecule has 3 heterocycles. The number of fused-ring (bicyclic) bond motifs is 2. The van der Waals surface area contributed by atoms with Gasteiger partial charge in [-0.2, -0.15) is 0 Å². The number of carbonyl (C=O) groups excluding carboxylic acids is 2. The largest absolute Gasteiger partial charge is 0.361 e. The van der Waals surface area contributed by atoms with Crippen molar-refractivity contribution in [2.45, 2.75) is 32.2 Å². The van der Waals surface area contributed by atoms with Crippen molar-refractivity contribution in [2.24, 2.45) is 0 Å². The monoisotopic (exact) mass is 413 g/mol. The minimum atomic E-state index is -0.172. The minimum absolute atomic E-state index is 0.0347. The number of nitrogens with zero attached hydrogens (tertiary/aromatic N) is 2. The molecular weight excluding hydrogens is 386 g/mol. The lowest BCUT2D eigenvalue weighted by molar-refractivity contribution is -0.136. The third-order valence-electron chi connectivity index (χ3n) is 6.68. The number of aromatic nitrogens is 1. The van der Waals surface area contributed by atoms with E-state index < -0.39 is 0 Å². The molecule has 2 aliphatic heterocycles. The van der Waals surface area contributed by atoms with Gasteiger partial charge in [0.1, 0.15) is 0 Å². The second-order valence-corrected chi connectivity index (χ2v) is 8.45. The van der Waals surface area contributed by atoms with Crippen LogP contribution in [0.3, 0.4) is 0 Å². The zero-order valence-electron chi connectivity index (χ0n) is 17.8. The van der Waals surface area contributed by atoms with Crippen LogP contribution in [0.15, 0.2) is 60.8 Å². The summed E-state index contributed by atoms with van der Waals surface area (Å²) in [6.07, 6.45) is 6.27. The van der Waals surface area contributed by atoms with Crippen molar-refractivity contribution in [1.29, 1.82) is 0 Å². The van der Waals surface area contributed by atoms with Gasteiger partial charge in [0.15, 0.2) is 0 Å². The van der Waals surface area contributed by atoms with Crippen LogP contribution in [0.25, 0.3) is 16.5 Å². The Hall–Kier alpha value is -3.34. The third kappa shape index (κ3) is 3.65. The quantitative estimate of drug-likeness (QED) is 0.695. The Kier molecular flexibility index (Phi) is 5.10. The number of benzene rings is 2. The first-order valence-electron chi connectivity index (χ1n) is 11.0. The highest BCUT2D eigenvalue weighted by atomic mass is 16.2. The summed E-state index contributed by atoms with van der Waals surface area (Å²) < 4.78 is 0. The van der Waals surface area contributed by atoms with Crippen molar-refractivity contribution in [3.63, 3.8) is 0 Å². The molecule has 2 aliphatic rings. The second kappa shape index (κ2) is 8.06. The fraction of sp³-hybridized carbons (Fsp3) is 0.308. The fourth-order valence-electron chi connectivity index (χ4n) is 5.02. The Morgan fingerprint density at radius 2 is 1.84 bits per heavy atom. The zero-order valence-corrected chi connectivity index (χ0v) is 17.8. The summed E-state index contributed by atoms with van der Waals surface area (Å²) in [5, 5.41) is 1.23. The minimum Gasteiger partial charge on any atom is -0.361 e. The Bertz CT molecular complexity index is 1180. The molecule has 158 valence electrons. The highest BCUT2D eigenvalue weighted by molar-refractivity contribution is 5.93. The van der Waals surface area contributed by atoms with E-state index in [9.17, 15) is 9.59 Å². The highest BCUT2D eigenvalue weighted by Crippen LogP contribution is 2.34. The topological polar surface area (TPSA) is 56.4 Å². The molecule has 5 nitrogen and oxygen atoms in total. The second-order valence-electron chi connectivity index (χ2n) is 8.45. The molecule has 0 spiro atoms. The molecule has 1 atom stereocenters. The first-order valence-corrected chi connectivity index (χ1v) is 11.0. The molecule has 2 amide bonds. The molecule has 0 radical (unpaired) electrons. The first kappa shape index (κ1) is 19.6. The predicted octanol–water partition coefficient (Wildman–Crippen LogP) is 4.32. The van der Waals surface area contributed by atoms with E-state index in [1.807, 2.05) is 28.0 Å². The van der Waals surface area contributed by atoms with E-state index in [0.717, 1.165) is 23.9 Å². The van der Waals surface area contributed by atoms with Gasteiger partial charge in [0.25, 0.3) is 0 Å². The van der Waals surface area contributed by atoms with Crippen LogP contribution in [0.5, 0.6) is 0 Å². The Balaban J connectivity index is 1.33. The van der Waals surface area contributed by atoms with Gasteiger partial charge in [0.2, 0.25) is 11.8 Å². The summed E-state index contributed by atoms with van der Waals surface area (Å²) >= 11 is 0. The fourth-order valence-corrected chi connectivity index (χ4v) is 5.02. The number of rotatable bonds is 3. The van der Waals surface area contributed by atoms with Crippen LogP contribution in [0.2, 0.25) is 0 Å². The molecule has 31 heavy (non-hydrogen) atoms. The summed E-state index contributed by atoms with van der Waals surface area (Å²) in [5.41, 5.74) is 6.01. The van der Waals surface area contributed by atoms with Gasteiger partial charge in [0.05, 0.1) is 12.5 Å². The molecule has 0 fully saturated rings. The smallest absolute Gasteiger partial charge is 0.225 e. The van der Waals surface area contributed by atoms with Crippen LogP contribution in [-0.4, -0.2) is 46.2 Å². The van der Waals surface area contributed by atoms with Gasteiger partial charge in [-0.05, 0) is 35.6 Å². The zero-order chi connectivity index (χ0) is 21.4. The summed E-state index contributed by atoms with van der Waals surface area (Å²) in [7, 11) is 0. The number of amides is 2. The van der Waals surface area contributed by atoms with Gasteiger partial charge in [-0.1, -0.05) is 48.5 Å². The van der Waals surface area contributed by atoms with Crippen LogP contribution < -0.4 is 0 Å². The van der Waals surface area contributed by atoms with Crippen molar-refractivity contribution in [3.05, 3.63) is 77.5 Å². The lowest BCUT2D eigenvalue weighted by Gasteiger charge is -2.38. The van der Waals surface area contributed by atoms with E-state index in [-0.39, 0.29) is 17.9 Å². The molecule has 2 aromatic carbocycles. The third-order valence-corrected chi connectivity index (χ3v) is 6.68. The van der Waals surface area contributed by atoms with Crippen LogP contribution in [0.1, 0.15) is 42.5 Å². The predicted molar refractivity (Wildman–Crippen MR) is 122 cm³/mol. The van der Waals surface area contributed by atoms with Crippen LogP contribution in [0, 0.1) is 0 Å². The lowest BCUT2D eigenvalue weighted by Crippen LogP contribution is -2.42. The number of carbonyl (C=O) groups is 2. The van der Waals surface area contributed by atoms with Gasteiger partial charge < -0.3 is 14.8 Å². The Morgan fingerprint density at radius 1 is 1.03 bits per heavy atom. The molecule has 0 saturated heterocycles. The molecule has 0 aliphatic carbocycles. The van der Waals surface area contributed by atoms with Gasteiger partial charge >= 0.3 is 0 Å². The molecule has 0 saturated carbocycles. The van der Waals surface area contributed by atoms with Gasteiger partial charge in [-0.3, -0.25) is 9.59 Å². The normalized spacial score (nSPS) is 18.6. The SMILES string of the molecule is CC(=O)N1CCc2ccccc2C1CC(=O)N1CC=C(c2c[nH]c3ccccc23)CC1. The molecule has 3 aromatic rings. The van der Waals surface area contributed by atoms with Crippen LogP contribution >= 0.6 is 0 Å². The maximum Gasteiger partial charge on any atom is 0.225 e. The maximum absolute atomic E-state index is 13.2. The Morgan fingerprint density at radius 3 is 2.65 bits per heavy atom. The van der Waals surface area contributed by atoms with E-state index in [4.69, 9.17) is 0 Å². The number of nitrogens with one attached hydrogen (secondary N) is 1. The van der Waals surface area contributed by atoms with Gasteiger partial charge in [0, 0.05) is 49.2 Å². The molecular formula is C26H27N3O2. The molecule has 5 rings (SSSR count). The maximum atomic E-state index is 13.2. The number of hydrogen-bond donors (Lipinski definition) is 1. The standard InChI is InChI=1S/C26H27N3O2/c1-18(30)29-15-12-19-6-2-3-7-21(19)25(29)16-26(31)28-13-10-20(11-14-28)23-17-27-24-9-5-4-8-22(23)24/h2-10,17,25,27H,11-16H2,1H3. The van der Waals surface area contributed by atoms with Crippen molar-refractivity contribution < 1.29 is 9.59 Å². The Labute approximate surface area is 182 Å². The van der Waals surface area contributed by atoms with E-state index >= 15 is 0 Å². The summed E-state index contributed by atoms with van der Waals surface area (Å²) in [6.45, 7) is 3.60. The number of H-pyrrole nitrogens is 1. The molecule has 1 unspecified atom stereocenters. The highest BCUT2D eigenvalue weighted by Gasteiger charge is 2.32. The average molecular weight is 414 g/mol. The molecule has 5 heteroatoms. The van der Waals surface area contributed by atoms with Crippen molar-refractivity contribution >= 4 is 28.3 Å². The van der Waals surface area contributed by atoms with E-state index in [0.29, 0.717) is 26.1 Å². The van der Waals surface area contributed by atoms with Gasteiger partial charge in [-0.25, -0.2) is 0 Å². The van der Waals surface area contributed by atoms with Crippen molar-refractivity contribution in [2.75, 3.05) is 19.6 Å². The lowest BCUT2D eigenvalue weighted by atomic mass is 9.90. The van der Waals surface area contributed by atoms with E-state index in [1.165, 1.54) is 22.1 Å². The molecule has 0 bridgehead atoms. The molecule has 1 aromatic heterocycles. The summed E-state index contributed by atoms with van der Waals surface area (Å²) in [6, 6.07) is 16.3.